The minimum Gasteiger partial charge on any atom is -0.456 e. The smallest absolute Gasteiger partial charge is 0.456 e. The van der Waals surface area contributed by atoms with Crippen LogP contribution in [0.5, 0.6) is 0 Å². The predicted octanol–water partition coefficient (Wildman–Crippen LogP) is 19.6. The quantitative estimate of drug-likeness (QED) is 0.0205. The Morgan fingerprint density at radius 2 is 0.816 bits per heavy atom. The van der Waals surface area contributed by atoms with E-state index in [1.54, 1.807) is 0 Å². The van der Waals surface area contributed by atoms with Gasteiger partial charge in [0.25, 0.3) is 0 Å². The maximum atomic E-state index is 13.5. The van der Waals surface area contributed by atoms with Crippen molar-refractivity contribution in [2.45, 2.75) is 296 Å². The van der Waals surface area contributed by atoms with Crippen molar-refractivity contribution in [3.05, 3.63) is 72.9 Å². The molecular formula is C66H122N2O7P+. The van der Waals surface area contributed by atoms with Crippen LogP contribution in [0, 0.1) is 0 Å². The molecule has 442 valence electrons. The lowest BCUT2D eigenvalue weighted by atomic mass is 10.0. The van der Waals surface area contributed by atoms with Crippen LogP contribution in [0.4, 0.5) is 0 Å². The van der Waals surface area contributed by atoms with E-state index in [1.165, 1.54) is 148 Å². The lowest BCUT2D eigenvalue weighted by Crippen LogP contribution is -2.47. The summed E-state index contributed by atoms with van der Waals surface area (Å²) in [5.41, 5.74) is 0. The minimum absolute atomic E-state index is 0.0367. The van der Waals surface area contributed by atoms with Gasteiger partial charge < -0.3 is 19.4 Å². The number of phosphoric acid groups is 1. The number of amides is 1. The first-order valence-corrected chi connectivity index (χ1v) is 33.3. The highest BCUT2D eigenvalue weighted by atomic mass is 31.2. The van der Waals surface area contributed by atoms with Gasteiger partial charge >= 0.3 is 13.8 Å². The number of unbranched alkanes of at least 4 members (excludes halogenated alkanes) is 31. The van der Waals surface area contributed by atoms with E-state index in [4.69, 9.17) is 13.8 Å². The van der Waals surface area contributed by atoms with Crippen molar-refractivity contribution in [1.82, 2.24) is 5.32 Å². The molecule has 0 aliphatic heterocycles. The molecule has 0 aromatic heterocycles. The number of nitrogens with one attached hydrogen (secondary N) is 1. The summed E-state index contributed by atoms with van der Waals surface area (Å²) in [6.45, 7) is 6.94. The van der Waals surface area contributed by atoms with Crippen LogP contribution in [0.1, 0.15) is 284 Å². The van der Waals surface area contributed by atoms with Crippen LogP contribution in [-0.2, 0) is 27.9 Å². The highest BCUT2D eigenvalue weighted by Gasteiger charge is 2.30. The number of nitrogens with zero attached hydrogens (tertiary/aromatic N) is 1. The molecule has 0 aliphatic carbocycles. The molecule has 76 heavy (non-hydrogen) atoms. The summed E-state index contributed by atoms with van der Waals surface area (Å²) < 4.78 is 30.6. The van der Waals surface area contributed by atoms with E-state index in [9.17, 15) is 19.0 Å². The fourth-order valence-electron chi connectivity index (χ4n) is 8.90. The third-order valence-electron chi connectivity index (χ3n) is 13.9. The molecule has 3 atom stereocenters. The van der Waals surface area contributed by atoms with Crippen molar-refractivity contribution in [2.24, 2.45) is 0 Å². The lowest BCUT2D eigenvalue weighted by molar-refractivity contribution is -0.870. The zero-order valence-corrected chi connectivity index (χ0v) is 51.4. The minimum atomic E-state index is -4.45. The van der Waals surface area contributed by atoms with Gasteiger partial charge in [0, 0.05) is 12.8 Å². The van der Waals surface area contributed by atoms with E-state index in [0.717, 1.165) is 103 Å². The average molecular weight is 1090 g/mol. The molecule has 1 amide bonds. The van der Waals surface area contributed by atoms with Gasteiger partial charge in [-0.1, -0.05) is 248 Å². The van der Waals surface area contributed by atoms with Crippen molar-refractivity contribution in [1.29, 1.82) is 0 Å². The molecule has 0 saturated carbocycles. The Morgan fingerprint density at radius 1 is 0.461 bits per heavy atom. The molecule has 3 unspecified atom stereocenters. The van der Waals surface area contributed by atoms with Gasteiger partial charge in [-0.2, -0.15) is 0 Å². The number of carbonyl (C=O) groups excluding carboxylic acids is 2. The second-order valence-electron chi connectivity index (χ2n) is 22.6. The Labute approximate surface area is 470 Å². The van der Waals surface area contributed by atoms with Crippen molar-refractivity contribution < 1.29 is 37.3 Å². The molecule has 10 heteroatoms. The first-order valence-electron chi connectivity index (χ1n) is 31.8. The van der Waals surface area contributed by atoms with E-state index >= 15 is 0 Å². The Kier molecular flexibility index (Phi) is 53.9. The Bertz CT molecular complexity index is 1530. The van der Waals surface area contributed by atoms with Crippen molar-refractivity contribution in [3.63, 3.8) is 0 Å². The van der Waals surface area contributed by atoms with E-state index in [0.29, 0.717) is 17.4 Å². The maximum Gasteiger partial charge on any atom is 0.472 e. The summed E-state index contributed by atoms with van der Waals surface area (Å²) in [5, 5.41) is 3.05. The van der Waals surface area contributed by atoms with E-state index in [-0.39, 0.29) is 31.5 Å². The monoisotopic (exact) mass is 1090 g/mol. The first kappa shape index (κ1) is 73.5. The number of phosphoric ester groups is 1. The molecule has 0 spiro atoms. The fraction of sp³-hybridized carbons (Fsp3) is 0.788. The van der Waals surface area contributed by atoms with Gasteiger partial charge in [-0.15, -0.1) is 0 Å². The summed E-state index contributed by atoms with van der Waals surface area (Å²) in [5.74, 6) is -0.518. The maximum absolute atomic E-state index is 13.5. The SMILES string of the molecule is CCCC/C=C\CCCCCCCC(=O)OC(/C=C\CCCCCCCCCCCC)C(COP(=O)(O)OCC[N+](C)(C)C)NC(=O)CCCCCCCCCCCCC/C=C\C/C=C\C/C=C\C/C=C\CCCCC. The number of ether oxygens (including phenoxy) is 1. The van der Waals surface area contributed by atoms with Gasteiger partial charge in [0.2, 0.25) is 5.91 Å². The van der Waals surface area contributed by atoms with E-state index < -0.39 is 20.0 Å². The fourth-order valence-corrected chi connectivity index (χ4v) is 9.64. The number of quaternary nitrogens is 1. The van der Waals surface area contributed by atoms with Gasteiger partial charge in [-0.3, -0.25) is 18.6 Å². The first-order chi connectivity index (χ1) is 36.9. The van der Waals surface area contributed by atoms with Crippen LogP contribution in [0.3, 0.4) is 0 Å². The highest BCUT2D eigenvalue weighted by Crippen LogP contribution is 2.43. The van der Waals surface area contributed by atoms with Gasteiger partial charge in [0.05, 0.1) is 33.8 Å². The molecular weight excluding hydrogens is 964 g/mol. The van der Waals surface area contributed by atoms with Crippen molar-refractivity contribution in [2.75, 3.05) is 40.9 Å². The largest absolute Gasteiger partial charge is 0.472 e. The molecule has 9 nitrogen and oxygen atoms in total. The van der Waals surface area contributed by atoms with Gasteiger partial charge in [-0.25, -0.2) is 4.57 Å². The second-order valence-corrected chi connectivity index (χ2v) is 24.0. The molecule has 0 aromatic rings. The number of likely N-dealkylation sites (N-methyl/N-ethyl adjacent to an activating group) is 1. The Morgan fingerprint density at radius 3 is 1.28 bits per heavy atom. The van der Waals surface area contributed by atoms with Gasteiger partial charge in [0.1, 0.15) is 19.3 Å². The van der Waals surface area contributed by atoms with Crippen molar-refractivity contribution >= 4 is 19.7 Å². The van der Waals surface area contributed by atoms with Crippen molar-refractivity contribution in [3.8, 4) is 0 Å². The molecule has 0 aliphatic rings. The van der Waals surface area contributed by atoms with Gasteiger partial charge in [0.15, 0.2) is 0 Å². The van der Waals surface area contributed by atoms with Crippen LogP contribution in [-0.4, -0.2) is 74.3 Å². The summed E-state index contributed by atoms with van der Waals surface area (Å²) in [4.78, 5) is 37.6. The number of rotatable bonds is 57. The van der Waals surface area contributed by atoms with Crippen LogP contribution >= 0.6 is 7.82 Å². The average Bonchev–Trinajstić information content (AvgIpc) is 3.38. The number of allylic oxidation sites excluding steroid dienone is 11. The molecule has 0 aromatic carbocycles. The Balaban J connectivity index is 5.04. The summed E-state index contributed by atoms with van der Waals surface area (Å²) >= 11 is 0. The van der Waals surface area contributed by atoms with Crippen LogP contribution in [0.25, 0.3) is 0 Å². The number of carbonyl (C=O) groups is 2. The van der Waals surface area contributed by atoms with Gasteiger partial charge in [-0.05, 0) is 96.0 Å². The van der Waals surface area contributed by atoms with E-state index in [1.807, 2.05) is 33.3 Å². The summed E-state index contributed by atoms with van der Waals surface area (Å²) in [6.07, 6.45) is 71.9. The normalized spacial score (nSPS) is 14.1. The number of hydrogen-bond acceptors (Lipinski definition) is 6. The Hall–Kier alpha value is -2.55. The topological polar surface area (TPSA) is 111 Å². The van der Waals surface area contributed by atoms with Crippen LogP contribution < -0.4 is 5.32 Å². The lowest BCUT2D eigenvalue weighted by Gasteiger charge is -2.27. The van der Waals surface area contributed by atoms with Crippen LogP contribution in [0.15, 0.2) is 72.9 Å². The second kappa shape index (κ2) is 55.8. The molecule has 0 saturated heterocycles. The number of esters is 1. The van der Waals surface area contributed by atoms with Crippen LogP contribution in [0.2, 0.25) is 0 Å². The predicted molar refractivity (Wildman–Crippen MR) is 328 cm³/mol. The third kappa shape index (κ3) is 56.2. The highest BCUT2D eigenvalue weighted by molar-refractivity contribution is 7.47. The molecule has 0 rings (SSSR count). The molecule has 0 heterocycles. The summed E-state index contributed by atoms with van der Waals surface area (Å²) in [6, 6.07) is -0.854. The third-order valence-corrected chi connectivity index (χ3v) is 14.9. The zero-order valence-electron chi connectivity index (χ0n) is 50.5. The zero-order chi connectivity index (χ0) is 55.7. The van der Waals surface area contributed by atoms with E-state index in [2.05, 4.69) is 86.8 Å². The standard InChI is InChI=1S/C66H121N2O7P/c1-7-10-13-16-19-22-25-27-28-29-30-31-32-33-34-35-36-37-38-39-40-41-44-46-49-52-55-58-65(69)67-63(62-74-76(71,72)73-61-60-68(4,5)6)64(57-54-51-48-45-43-26-23-20-17-14-11-8-2)75-66(70)59-56-53-50-47-42-24-21-18-15-12-9-3/h18-19,21-22,27-28,30-31,33-34,54,57,63-64H,7-17,20,23-26,29,32,35-53,55-56,58-62H2,1-6H3,(H-,67,69,71,72)/p+1/b21-18-,22-19-,28-27-,31-30-,34-33-,57-54-. The molecule has 0 radical (unpaired) electrons. The number of hydrogen-bond donors (Lipinski definition) is 2. The molecule has 0 fully saturated rings. The molecule has 2 N–H and O–H groups in total. The summed E-state index contributed by atoms with van der Waals surface area (Å²) in [7, 11) is 1.49. The molecule has 0 bridgehead atoms.